The molecule has 0 unspecified atom stereocenters. The lowest BCUT2D eigenvalue weighted by atomic mass is 9.80. The van der Waals surface area contributed by atoms with E-state index in [9.17, 15) is 9.90 Å². The number of hydrogen-bond acceptors (Lipinski definition) is 7. The summed E-state index contributed by atoms with van der Waals surface area (Å²) in [6.45, 7) is 4.74. The highest BCUT2D eigenvalue weighted by Crippen LogP contribution is 2.42. The highest BCUT2D eigenvalue weighted by Gasteiger charge is 2.58. The first-order valence-electron chi connectivity index (χ1n) is 12.5. The van der Waals surface area contributed by atoms with Crippen LogP contribution in [0.5, 0.6) is 0 Å². The number of carbonyl (C=O) groups excluding carboxylic acids is 1. The molecule has 3 aromatic carbocycles. The smallest absolute Gasteiger partial charge is 0.303 e. The van der Waals surface area contributed by atoms with E-state index in [0.29, 0.717) is 0 Å². The first-order valence-corrected chi connectivity index (χ1v) is 12.5. The van der Waals surface area contributed by atoms with Gasteiger partial charge in [-0.25, -0.2) is 0 Å². The van der Waals surface area contributed by atoms with Gasteiger partial charge in [-0.05, 0) is 30.5 Å². The lowest BCUT2D eigenvalue weighted by Gasteiger charge is -2.37. The molecule has 0 aliphatic carbocycles. The molecule has 2 aliphatic rings. The quantitative estimate of drug-likeness (QED) is 0.364. The first-order chi connectivity index (χ1) is 17.8. The van der Waals surface area contributed by atoms with Gasteiger partial charge in [-0.1, -0.05) is 91.0 Å². The van der Waals surface area contributed by atoms with Crippen molar-refractivity contribution in [2.45, 2.75) is 62.9 Å². The van der Waals surface area contributed by atoms with Gasteiger partial charge in [-0.2, -0.15) is 0 Å². The summed E-state index contributed by atoms with van der Waals surface area (Å²) >= 11 is 0. The first kappa shape index (κ1) is 25.6. The fourth-order valence-electron chi connectivity index (χ4n) is 5.21. The third kappa shape index (κ3) is 5.06. The highest BCUT2D eigenvalue weighted by molar-refractivity contribution is 5.66. The predicted octanol–water partition coefficient (Wildman–Crippen LogP) is 4.16. The van der Waals surface area contributed by atoms with Gasteiger partial charge >= 0.3 is 5.97 Å². The number of aliphatic hydroxyl groups is 1. The average molecular weight is 505 g/mol. The van der Waals surface area contributed by atoms with E-state index in [1.807, 2.05) is 91.0 Å². The molecule has 194 valence electrons. The molecule has 1 N–H and O–H groups in total. The Bertz CT molecular complexity index is 1090. The minimum Gasteiger partial charge on any atom is -0.457 e. The third-order valence-electron chi connectivity index (χ3n) is 6.72. The molecule has 2 heterocycles. The predicted molar refractivity (Wildman–Crippen MR) is 135 cm³/mol. The Morgan fingerprint density at radius 1 is 0.892 bits per heavy atom. The Morgan fingerprint density at radius 3 is 1.84 bits per heavy atom. The fourth-order valence-corrected chi connectivity index (χ4v) is 5.21. The number of hydrogen-bond donors (Lipinski definition) is 1. The second-order valence-electron chi connectivity index (χ2n) is 9.80. The van der Waals surface area contributed by atoms with Crippen molar-refractivity contribution in [2.75, 3.05) is 6.61 Å². The second kappa shape index (κ2) is 10.4. The monoisotopic (exact) mass is 504 g/mol. The van der Waals surface area contributed by atoms with Crippen LogP contribution in [0.25, 0.3) is 0 Å². The van der Waals surface area contributed by atoms with E-state index in [1.54, 1.807) is 13.8 Å². The zero-order valence-corrected chi connectivity index (χ0v) is 21.2. The van der Waals surface area contributed by atoms with Crippen molar-refractivity contribution >= 4 is 5.97 Å². The number of fused-ring (bicyclic) bond motifs is 1. The third-order valence-corrected chi connectivity index (χ3v) is 6.72. The largest absolute Gasteiger partial charge is 0.457 e. The molecule has 3 aromatic rings. The van der Waals surface area contributed by atoms with Gasteiger partial charge in [0.25, 0.3) is 0 Å². The summed E-state index contributed by atoms with van der Waals surface area (Å²) in [6.07, 6.45) is -4.29. The maximum atomic E-state index is 11.9. The number of benzene rings is 3. The van der Waals surface area contributed by atoms with Gasteiger partial charge in [0.2, 0.25) is 0 Å². The number of esters is 1. The van der Waals surface area contributed by atoms with Gasteiger partial charge in [0.1, 0.15) is 17.8 Å². The van der Waals surface area contributed by atoms with Gasteiger partial charge in [-0.15, -0.1) is 0 Å². The molecule has 2 saturated heterocycles. The molecule has 0 spiro atoms. The molecule has 5 rings (SSSR count). The van der Waals surface area contributed by atoms with E-state index in [1.165, 1.54) is 6.92 Å². The molecule has 0 saturated carbocycles. The van der Waals surface area contributed by atoms with Gasteiger partial charge in [0, 0.05) is 6.92 Å². The lowest BCUT2D eigenvalue weighted by molar-refractivity contribution is -0.233. The molecular formula is C30H32O7. The van der Waals surface area contributed by atoms with Crippen LogP contribution in [0.1, 0.15) is 37.5 Å². The number of carbonyl (C=O) groups is 1. The summed E-state index contributed by atoms with van der Waals surface area (Å²) in [7, 11) is 0. The Balaban J connectivity index is 1.48. The van der Waals surface area contributed by atoms with Crippen molar-refractivity contribution < 1.29 is 33.6 Å². The maximum absolute atomic E-state index is 11.9. The van der Waals surface area contributed by atoms with Crippen LogP contribution >= 0.6 is 0 Å². The molecule has 2 aliphatic heterocycles. The molecule has 0 bridgehead atoms. The van der Waals surface area contributed by atoms with Gasteiger partial charge in [-0.3, -0.25) is 4.79 Å². The molecular weight excluding hydrogens is 472 g/mol. The van der Waals surface area contributed by atoms with Gasteiger partial charge < -0.3 is 28.8 Å². The second-order valence-corrected chi connectivity index (χ2v) is 9.80. The Labute approximate surface area is 216 Å². The van der Waals surface area contributed by atoms with E-state index >= 15 is 0 Å². The summed E-state index contributed by atoms with van der Waals surface area (Å²) in [5.74, 6) is -1.38. The maximum Gasteiger partial charge on any atom is 0.303 e. The summed E-state index contributed by atoms with van der Waals surface area (Å²) < 4.78 is 30.1. The van der Waals surface area contributed by atoms with Gasteiger partial charge in [0.15, 0.2) is 24.3 Å². The standard InChI is InChI=1S/C30H32O7/c1-20(31)34-26-25(35-28-27(26)36-29(2,3)37-28)24(32)19-33-30(21-13-7-4-8-14-21,22-15-9-5-10-16-22)23-17-11-6-12-18-23/h4-18,24-28,32H,19H2,1-3H3/t24-,25-,26-,27-,28-/m1/s1. The molecule has 7 heteroatoms. The van der Waals surface area contributed by atoms with Crippen LogP contribution < -0.4 is 0 Å². The molecule has 7 nitrogen and oxygen atoms in total. The topological polar surface area (TPSA) is 83.5 Å². The summed E-state index contributed by atoms with van der Waals surface area (Å²) in [5.41, 5.74) is 1.72. The minimum absolute atomic E-state index is 0.107. The van der Waals surface area contributed by atoms with Crippen molar-refractivity contribution in [1.82, 2.24) is 0 Å². The normalized spacial score (nSPS) is 25.4. The Kier molecular flexibility index (Phi) is 7.16. The summed E-state index contributed by atoms with van der Waals surface area (Å²) in [4.78, 5) is 11.9. The Hall–Kier alpha value is -3.07. The Morgan fingerprint density at radius 2 is 1.38 bits per heavy atom. The van der Waals surface area contributed by atoms with E-state index < -0.39 is 48.1 Å². The molecule has 0 aromatic heterocycles. The lowest BCUT2D eigenvalue weighted by Crippen LogP contribution is -2.46. The van der Waals surface area contributed by atoms with Crippen LogP contribution in [-0.4, -0.2) is 54.2 Å². The zero-order chi connectivity index (χ0) is 26.0. The van der Waals surface area contributed by atoms with Gasteiger partial charge in [0.05, 0.1) is 6.61 Å². The van der Waals surface area contributed by atoms with Crippen molar-refractivity contribution in [3.05, 3.63) is 108 Å². The molecule has 5 atom stereocenters. The van der Waals surface area contributed by atoms with Crippen LogP contribution in [0.3, 0.4) is 0 Å². The van der Waals surface area contributed by atoms with Crippen molar-refractivity contribution in [3.63, 3.8) is 0 Å². The SMILES string of the molecule is CC(=O)O[C@H]1[C@H]2OC(C)(C)O[C@H]2O[C@@H]1[C@H](O)COC(c1ccccc1)(c1ccccc1)c1ccccc1. The molecule has 37 heavy (non-hydrogen) atoms. The van der Waals surface area contributed by atoms with Crippen molar-refractivity contribution in [3.8, 4) is 0 Å². The van der Waals surface area contributed by atoms with Crippen molar-refractivity contribution in [2.24, 2.45) is 0 Å². The summed E-state index contributed by atoms with van der Waals surface area (Å²) in [5, 5.41) is 11.4. The molecule has 2 fully saturated rings. The van der Waals surface area contributed by atoms with Crippen LogP contribution in [0, 0.1) is 0 Å². The van der Waals surface area contributed by atoms with E-state index in [2.05, 4.69) is 0 Å². The van der Waals surface area contributed by atoms with Crippen LogP contribution in [-0.2, 0) is 34.1 Å². The summed E-state index contributed by atoms with van der Waals surface area (Å²) in [6, 6.07) is 29.7. The van der Waals surface area contributed by atoms with E-state index in [4.69, 9.17) is 23.7 Å². The fraction of sp³-hybridized carbons (Fsp3) is 0.367. The number of aliphatic hydroxyl groups excluding tert-OH is 1. The van der Waals surface area contributed by atoms with E-state index in [-0.39, 0.29) is 6.61 Å². The van der Waals surface area contributed by atoms with Crippen LogP contribution in [0.15, 0.2) is 91.0 Å². The molecule has 0 amide bonds. The van der Waals surface area contributed by atoms with Crippen LogP contribution in [0.2, 0.25) is 0 Å². The van der Waals surface area contributed by atoms with E-state index in [0.717, 1.165) is 16.7 Å². The zero-order valence-electron chi connectivity index (χ0n) is 21.2. The number of ether oxygens (including phenoxy) is 5. The molecule has 0 radical (unpaired) electrons. The highest BCUT2D eigenvalue weighted by atomic mass is 16.8. The minimum atomic E-state index is -1.14. The average Bonchev–Trinajstić information content (AvgIpc) is 3.38. The van der Waals surface area contributed by atoms with Crippen LogP contribution in [0.4, 0.5) is 0 Å². The van der Waals surface area contributed by atoms with Crippen molar-refractivity contribution in [1.29, 1.82) is 0 Å². The number of rotatable bonds is 8.